The topological polar surface area (TPSA) is 80.2 Å². The molecule has 2 aliphatic carbocycles. The molecule has 4 rings (SSSR count). The van der Waals surface area contributed by atoms with Crippen molar-refractivity contribution in [3.63, 3.8) is 0 Å². The first-order valence-corrected chi connectivity index (χ1v) is 12.6. The average molecular weight is 436 g/mol. The molecule has 8 heteroatoms. The number of rotatable bonds is 7. The van der Waals surface area contributed by atoms with Crippen LogP contribution in [0.15, 0.2) is 18.2 Å². The molecule has 0 radical (unpaired) electrons. The van der Waals surface area contributed by atoms with Gasteiger partial charge in [-0.3, -0.25) is 4.79 Å². The number of aryl methyl sites for hydroxylation is 1. The number of carbonyl (C=O) groups is 1. The maximum absolute atomic E-state index is 14.7. The van der Waals surface area contributed by atoms with Crippen molar-refractivity contribution in [1.82, 2.24) is 14.6 Å². The Morgan fingerprint density at radius 1 is 1.20 bits per heavy atom. The average Bonchev–Trinajstić information content (AvgIpc) is 3.15. The molecule has 2 unspecified atom stereocenters. The van der Waals surface area contributed by atoms with E-state index < -0.39 is 10.0 Å². The van der Waals surface area contributed by atoms with Crippen LogP contribution in [-0.4, -0.2) is 37.7 Å². The fourth-order valence-electron chi connectivity index (χ4n) is 5.43. The summed E-state index contributed by atoms with van der Waals surface area (Å²) in [4.78, 5) is 13.2. The number of carbonyl (C=O) groups excluding carboxylic acids is 1. The van der Waals surface area contributed by atoms with Crippen LogP contribution in [0.1, 0.15) is 54.6 Å². The van der Waals surface area contributed by atoms with E-state index in [9.17, 15) is 17.6 Å². The van der Waals surface area contributed by atoms with Crippen molar-refractivity contribution in [2.24, 2.45) is 11.8 Å². The number of fused-ring (bicyclic) bond motifs is 3. The third-order valence-electron chi connectivity index (χ3n) is 6.66. The van der Waals surface area contributed by atoms with Crippen LogP contribution in [-0.2, 0) is 16.6 Å². The molecule has 0 saturated heterocycles. The Bertz CT molecular complexity index is 1050. The monoisotopic (exact) mass is 435 g/mol. The van der Waals surface area contributed by atoms with Crippen molar-refractivity contribution in [2.45, 2.75) is 58.0 Å². The maximum atomic E-state index is 14.7. The summed E-state index contributed by atoms with van der Waals surface area (Å²) < 4.78 is 41.5. The first-order chi connectivity index (χ1) is 14.2. The molecule has 2 atom stereocenters. The van der Waals surface area contributed by atoms with Crippen molar-refractivity contribution < 1.29 is 17.6 Å². The first kappa shape index (κ1) is 21.3. The lowest BCUT2D eigenvalue weighted by atomic mass is 9.85. The highest BCUT2D eigenvalue weighted by Crippen LogP contribution is 2.42. The third kappa shape index (κ3) is 4.39. The minimum atomic E-state index is -3.27. The lowest BCUT2D eigenvalue weighted by molar-refractivity contribution is 0.0919. The molecular formula is C22H30FN3O3S. The molecule has 1 aromatic heterocycles. The maximum Gasteiger partial charge on any atom is 0.253 e. The minimum Gasteiger partial charge on any atom is -0.349 e. The largest absolute Gasteiger partial charge is 0.349 e. The van der Waals surface area contributed by atoms with Crippen molar-refractivity contribution in [1.29, 1.82) is 0 Å². The van der Waals surface area contributed by atoms with Crippen molar-refractivity contribution >= 4 is 26.8 Å². The molecular weight excluding hydrogens is 405 g/mol. The summed E-state index contributed by atoms with van der Waals surface area (Å²) >= 11 is 0. The number of hydrogen-bond acceptors (Lipinski definition) is 3. The summed E-state index contributed by atoms with van der Waals surface area (Å²) in [5, 5.41) is 3.83. The SMILES string of the molecule is Cc1c(C(=O)NC2CC3CCC(C3)C2)c2cccc(F)c2n1CCCNS(C)(=O)=O. The molecule has 2 fully saturated rings. The van der Waals surface area contributed by atoms with Gasteiger partial charge >= 0.3 is 0 Å². The molecule has 2 saturated carbocycles. The Kier molecular flexibility index (Phi) is 5.90. The van der Waals surface area contributed by atoms with Gasteiger partial charge < -0.3 is 9.88 Å². The second-order valence-electron chi connectivity index (χ2n) is 8.96. The second-order valence-corrected chi connectivity index (χ2v) is 10.8. The van der Waals surface area contributed by atoms with Crippen molar-refractivity contribution in [3.8, 4) is 0 Å². The van der Waals surface area contributed by atoms with E-state index >= 15 is 0 Å². The molecule has 2 bridgehead atoms. The number of nitrogens with one attached hydrogen (secondary N) is 2. The molecule has 2 aromatic rings. The summed E-state index contributed by atoms with van der Waals surface area (Å²) in [6, 6.07) is 5.00. The van der Waals surface area contributed by atoms with E-state index in [1.54, 1.807) is 16.7 Å². The van der Waals surface area contributed by atoms with Gasteiger partial charge in [0.15, 0.2) is 0 Å². The number of halogens is 1. The number of aromatic nitrogens is 1. The molecule has 0 aliphatic heterocycles. The van der Waals surface area contributed by atoms with E-state index in [2.05, 4.69) is 10.0 Å². The third-order valence-corrected chi connectivity index (χ3v) is 7.39. The summed E-state index contributed by atoms with van der Waals surface area (Å²) in [5.41, 5.74) is 1.65. The Morgan fingerprint density at radius 2 is 1.90 bits per heavy atom. The zero-order valence-electron chi connectivity index (χ0n) is 17.6. The molecule has 0 spiro atoms. The van der Waals surface area contributed by atoms with Gasteiger partial charge in [0.1, 0.15) is 5.82 Å². The molecule has 30 heavy (non-hydrogen) atoms. The predicted molar refractivity (Wildman–Crippen MR) is 115 cm³/mol. The van der Waals surface area contributed by atoms with Gasteiger partial charge in [-0.2, -0.15) is 0 Å². The van der Waals surface area contributed by atoms with Gasteiger partial charge in [0.25, 0.3) is 5.91 Å². The Hall–Kier alpha value is -1.93. The molecule has 1 heterocycles. The molecule has 1 amide bonds. The lowest BCUT2D eigenvalue weighted by Gasteiger charge is -2.28. The van der Waals surface area contributed by atoms with Crippen molar-refractivity contribution in [2.75, 3.05) is 12.8 Å². The van der Waals surface area contributed by atoms with Gasteiger partial charge in [0.05, 0.1) is 17.3 Å². The standard InChI is InChI=1S/C22H30FN3O3S/c1-14-20(22(27)25-17-12-15-7-8-16(11-15)13-17)18-5-3-6-19(23)21(18)26(14)10-4-9-24-30(2,28)29/h3,5-6,15-17,24H,4,7-13H2,1-2H3,(H,25,27). The summed E-state index contributed by atoms with van der Waals surface area (Å²) in [5.74, 6) is 0.927. The van der Waals surface area contributed by atoms with Crippen LogP contribution in [0, 0.1) is 24.6 Å². The van der Waals surface area contributed by atoms with Crippen LogP contribution in [0.2, 0.25) is 0 Å². The highest BCUT2D eigenvalue weighted by molar-refractivity contribution is 7.88. The number of nitrogens with zero attached hydrogens (tertiary/aromatic N) is 1. The fraction of sp³-hybridized carbons (Fsp3) is 0.591. The number of amides is 1. The van der Waals surface area contributed by atoms with Crippen LogP contribution < -0.4 is 10.0 Å². The fourth-order valence-corrected chi connectivity index (χ4v) is 5.95. The van der Waals surface area contributed by atoms with Gasteiger partial charge in [-0.1, -0.05) is 25.0 Å². The van der Waals surface area contributed by atoms with E-state index in [0.717, 1.165) is 30.9 Å². The summed E-state index contributed by atoms with van der Waals surface area (Å²) in [7, 11) is -3.27. The van der Waals surface area contributed by atoms with E-state index in [1.165, 1.54) is 25.3 Å². The van der Waals surface area contributed by atoms with Gasteiger partial charge in [0, 0.05) is 30.2 Å². The first-order valence-electron chi connectivity index (χ1n) is 10.8. The summed E-state index contributed by atoms with van der Waals surface area (Å²) in [6.45, 7) is 2.52. The zero-order chi connectivity index (χ0) is 21.5. The Morgan fingerprint density at radius 3 is 2.57 bits per heavy atom. The quantitative estimate of drug-likeness (QED) is 0.655. The van der Waals surface area contributed by atoms with Crippen molar-refractivity contribution in [3.05, 3.63) is 35.3 Å². The van der Waals surface area contributed by atoms with E-state index in [1.807, 2.05) is 6.92 Å². The van der Waals surface area contributed by atoms with Crippen LogP contribution in [0.25, 0.3) is 10.9 Å². The summed E-state index contributed by atoms with van der Waals surface area (Å²) in [6.07, 6.45) is 7.50. The lowest BCUT2D eigenvalue weighted by Crippen LogP contribution is -2.39. The van der Waals surface area contributed by atoms with E-state index in [0.29, 0.717) is 35.1 Å². The van der Waals surface area contributed by atoms with Crippen LogP contribution >= 0.6 is 0 Å². The smallest absolute Gasteiger partial charge is 0.253 e. The highest BCUT2D eigenvalue weighted by Gasteiger charge is 2.35. The minimum absolute atomic E-state index is 0.137. The van der Waals surface area contributed by atoms with E-state index in [4.69, 9.17) is 0 Å². The Labute approximate surface area is 177 Å². The van der Waals surface area contributed by atoms with Gasteiger partial charge in [-0.15, -0.1) is 0 Å². The van der Waals surface area contributed by atoms with Crippen LogP contribution in [0.5, 0.6) is 0 Å². The number of sulfonamides is 1. The predicted octanol–water partition coefficient (Wildman–Crippen LogP) is 3.34. The molecule has 2 N–H and O–H groups in total. The molecule has 6 nitrogen and oxygen atoms in total. The number of hydrogen-bond donors (Lipinski definition) is 2. The van der Waals surface area contributed by atoms with E-state index in [-0.39, 0.29) is 24.3 Å². The molecule has 1 aromatic carbocycles. The normalized spacial score (nSPS) is 23.8. The molecule has 2 aliphatic rings. The highest BCUT2D eigenvalue weighted by atomic mass is 32.2. The molecule has 164 valence electrons. The van der Waals surface area contributed by atoms with Gasteiger partial charge in [0.2, 0.25) is 10.0 Å². The Balaban J connectivity index is 1.57. The van der Waals surface area contributed by atoms with Gasteiger partial charge in [-0.25, -0.2) is 17.5 Å². The van der Waals surface area contributed by atoms with Crippen LogP contribution in [0.3, 0.4) is 0 Å². The second kappa shape index (κ2) is 8.30. The van der Waals surface area contributed by atoms with Crippen LogP contribution in [0.4, 0.5) is 4.39 Å². The zero-order valence-corrected chi connectivity index (χ0v) is 18.4. The number of para-hydroxylation sites is 1. The number of benzene rings is 1. The van der Waals surface area contributed by atoms with Gasteiger partial charge in [-0.05, 0) is 50.5 Å².